The summed E-state index contributed by atoms with van der Waals surface area (Å²) in [7, 11) is -3.14. The summed E-state index contributed by atoms with van der Waals surface area (Å²) in [5, 5.41) is 8.71. The van der Waals surface area contributed by atoms with Crippen molar-refractivity contribution in [2.45, 2.75) is 18.6 Å². The third-order valence-electron chi connectivity index (χ3n) is 3.64. The molecule has 0 aliphatic heterocycles. The molecule has 1 atom stereocenters. The summed E-state index contributed by atoms with van der Waals surface area (Å²) in [6, 6.07) is 11.0. The Morgan fingerprint density at radius 2 is 1.83 bits per heavy atom. The third kappa shape index (κ3) is 3.93. The smallest absolute Gasteiger partial charge is 0.272 e. The second kappa shape index (κ2) is 7.02. The van der Waals surface area contributed by atoms with Crippen LogP contribution in [0.5, 0.6) is 11.5 Å². The highest BCUT2D eigenvalue weighted by atomic mass is 32.2. The lowest BCUT2D eigenvalue weighted by Gasteiger charge is -2.15. The number of benzene rings is 2. The molecular weight excluding hydrogens is 332 g/mol. The predicted molar refractivity (Wildman–Crippen MR) is 89.1 cm³/mol. The molecule has 0 radical (unpaired) electrons. The third-order valence-corrected chi connectivity index (χ3v) is 4.80. The summed E-state index contributed by atoms with van der Waals surface area (Å²) >= 11 is 0. The maximum Gasteiger partial charge on any atom is 0.272 e. The molecule has 2 aromatic carbocycles. The molecule has 2 N–H and O–H groups in total. The van der Waals surface area contributed by atoms with E-state index < -0.39 is 27.6 Å². The minimum absolute atomic E-state index is 0.0450. The van der Waals surface area contributed by atoms with Crippen molar-refractivity contribution >= 4 is 15.9 Å². The van der Waals surface area contributed by atoms with Crippen LogP contribution in [0.15, 0.2) is 42.5 Å². The summed E-state index contributed by atoms with van der Waals surface area (Å²) in [5.41, 5.74) is 0.931. The SMILES string of the molecule is COc1cc(C)cc(C(=O)CC(c2ccccc2)S(=O)(=O)O)c1O. The first kappa shape index (κ1) is 18.0. The number of hydrogen-bond donors (Lipinski definition) is 2. The first-order valence-corrected chi connectivity index (χ1v) is 8.66. The van der Waals surface area contributed by atoms with Crippen molar-refractivity contribution in [2.75, 3.05) is 7.11 Å². The molecule has 1 unspecified atom stereocenters. The molecule has 128 valence electrons. The van der Waals surface area contributed by atoms with Gasteiger partial charge in [0.05, 0.1) is 12.7 Å². The zero-order valence-corrected chi connectivity index (χ0v) is 14.1. The molecule has 0 aliphatic rings. The van der Waals surface area contributed by atoms with Gasteiger partial charge in [-0.25, -0.2) is 0 Å². The normalized spacial score (nSPS) is 12.6. The van der Waals surface area contributed by atoms with Crippen LogP contribution in [-0.4, -0.2) is 31.0 Å². The minimum Gasteiger partial charge on any atom is -0.504 e. The van der Waals surface area contributed by atoms with Crippen molar-refractivity contribution in [3.8, 4) is 11.5 Å². The molecule has 0 aromatic heterocycles. The van der Waals surface area contributed by atoms with Crippen molar-refractivity contribution < 1.29 is 27.6 Å². The standard InChI is InChI=1S/C17H18O6S/c1-11-8-13(17(19)15(9-11)23-2)14(18)10-16(24(20,21)22)12-6-4-3-5-7-12/h3-9,16,19H,10H2,1-2H3,(H,20,21,22). The topological polar surface area (TPSA) is 101 Å². The number of aryl methyl sites for hydroxylation is 1. The number of carbonyl (C=O) groups is 1. The molecule has 0 saturated carbocycles. The Labute approximate surface area is 140 Å². The molecule has 0 amide bonds. The fraction of sp³-hybridized carbons (Fsp3) is 0.235. The summed E-state index contributed by atoms with van der Waals surface area (Å²) in [4.78, 5) is 12.5. The van der Waals surface area contributed by atoms with Crippen LogP contribution in [0, 0.1) is 6.92 Å². The van der Waals surface area contributed by atoms with Gasteiger partial charge < -0.3 is 9.84 Å². The number of methoxy groups -OCH3 is 1. The monoisotopic (exact) mass is 350 g/mol. The number of aromatic hydroxyl groups is 1. The summed E-state index contributed by atoms with van der Waals surface area (Å²) in [5.74, 6) is -0.835. The first-order chi connectivity index (χ1) is 11.2. The van der Waals surface area contributed by atoms with Crippen LogP contribution in [0.3, 0.4) is 0 Å². The van der Waals surface area contributed by atoms with Gasteiger partial charge in [-0.05, 0) is 30.2 Å². The van der Waals surface area contributed by atoms with Gasteiger partial charge in [0.25, 0.3) is 10.1 Å². The van der Waals surface area contributed by atoms with Gasteiger partial charge >= 0.3 is 0 Å². The number of phenolic OH excluding ortho intramolecular Hbond substituents is 1. The van der Waals surface area contributed by atoms with Gasteiger partial charge in [-0.3, -0.25) is 9.35 Å². The first-order valence-electron chi connectivity index (χ1n) is 7.16. The highest BCUT2D eigenvalue weighted by Gasteiger charge is 2.29. The van der Waals surface area contributed by atoms with E-state index in [2.05, 4.69) is 0 Å². The van der Waals surface area contributed by atoms with Crippen molar-refractivity contribution in [3.05, 3.63) is 59.2 Å². The molecule has 24 heavy (non-hydrogen) atoms. The molecule has 6 nitrogen and oxygen atoms in total. The predicted octanol–water partition coefficient (Wildman–Crippen LogP) is 2.91. The molecule has 0 aliphatic carbocycles. The van der Waals surface area contributed by atoms with Crippen LogP contribution in [0.4, 0.5) is 0 Å². The van der Waals surface area contributed by atoms with E-state index in [0.717, 1.165) is 0 Å². The van der Waals surface area contributed by atoms with E-state index in [1.807, 2.05) is 0 Å². The number of carbonyl (C=O) groups excluding carboxylic acids is 1. The second-order valence-electron chi connectivity index (χ2n) is 5.40. The molecule has 0 heterocycles. The fourth-order valence-electron chi connectivity index (χ4n) is 2.45. The lowest BCUT2D eigenvalue weighted by molar-refractivity contribution is 0.0976. The second-order valence-corrected chi connectivity index (χ2v) is 7.00. The van der Waals surface area contributed by atoms with Crippen LogP contribution in [0.25, 0.3) is 0 Å². The van der Waals surface area contributed by atoms with E-state index in [-0.39, 0.29) is 17.1 Å². The quantitative estimate of drug-likeness (QED) is 0.614. The van der Waals surface area contributed by atoms with Crippen molar-refractivity contribution in [1.82, 2.24) is 0 Å². The molecule has 0 saturated heterocycles. The van der Waals surface area contributed by atoms with Crippen molar-refractivity contribution in [2.24, 2.45) is 0 Å². The lowest BCUT2D eigenvalue weighted by Crippen LogP contribution is -2.17. The zero-order chi connectivity index (χ0) is 17.9. The van der Waals surface area contributed by atoms with E-state index in [1.54, 1.807) is 31.2 Å². The van der Waals surface area contributed by atoms with Gasteiger partial charge in [-0.15, -0.1) is 0 Å². The van der Waals surface area contributed by atoms with E-state index in [9.17, 15) is 22.9 Å². The maximum atomic E-state index is 12.5. The van der Waals surface area contributed by atoms with Crippen molar-refractivity contribution in [3.63, 3.8) is 0 Å². The minimum atomic E-state index is -4.49. The molecule has 0 fully saturated rings. The van der Waals surface area contributed by atoms with Gasteiger partial charge in [0.2, 0.25) is 0 Å². The van der Waals surface area contributed by atoms with E-state index in [0.29, 0.717) is 11.1 Å². The Kier molecular flexibility index (Phi) is 5.26. The number of ketones is 1. The number of hydrogen-bond acceptors (Lipinski definition) is 5. The van der Waals surface area contributed by atoms with Crippen LogP contribution in [0.2, 0.25) is 0 Å². The van der Waals surface area contributed by atoms with E-state index >= 15 is 0 Å². The summed E-state index contributed by atoms with van der Waals surface area (Å²) < 4.78 is 37.9. The summed E-state index contributed by atoms with van der Waals surface area (Å²) in [6.07, 6.45) is -0.497. The average molecular weight is 350 g/mol. The van der Waals surface area contributed by atoms with Crippen LogP contribution in [0.1, 0.15) is 33.2 Å². The maximum absolute atomic E-state index is 12.5. The molecule has 7 heteroatoms. The van der Waals surface area contributed by atoms with Crippen LogP contribution >= 0.6 is 0 Å². The van der Waals surface area contributed by atoms with Gasteiger partial charge in [-0.1, -0.05) is 30.3 Å². The van der Waals surface area contributed by atoms with Gasteiger partial charge in [0.15, 0.2) is 17.3 Å². The van der Waals surface area contributed by atoms with Crippen LogP contribution in [-0.2, 0) is 10.1 Å². The molecule has 0 bridgehead atoms. The Hall–Kier alpha value is -2.38. The van der Waals surface area contributed by atoms with Gasteiger partial charge in [-0.2, -0.15) is 8.42 Å². The molecular formula is C17H18O6S. The average Bonchev–Trinajstić information content (AvgIpc) is 2.53. The van der Waals surface area contributed by atoms with Gasteiger partial charge in [0, 0.05) is 6.42 Å². The Morgan fingerprint density at radius 1 is 1.21 bits per heavy atom. The van der Waals surface area contributed by atoms with Gasteiger partial charge in [0.1, 0.15) is 5.25 Å². The van der Waals surface area contributed by atoms with Crippen molar-refractivity contribution in [1.29, 1.82) is 0 Å². The number of rotatable bonds is 6. The van der Waals surface area contributed by atoms with E-state index in [4.69, 9.17) is 4.74 Å². The number of Topliss-reactive ketones (excluding diaryl/α,β-unsaturated/α-hetero) is 1. The molecule has 0 spiro atoms. The Morgan fingerprint density at radius 3 is 2.38 bits per heavy atom. The summed E-state index contributed by atoms with van der Waals surface area (Å²) in [6.45, 7) is 1.72. The zero-order valence-electron chi connectivity index (χ0n) is 13.3. The fourth-order valence-corrected chi connectivity index (χ4v) is 3.32. The lowest BCUT2D eigenvalue weighted by atomic mass is 9.99. The number of phenols is 1. The molecule has 2 rings (SSSR count). The Bertz CT molecular complexity index is 843. The van der Waals surface area contributed by atoms with Crippen LogP contribution < -0.4 is 4.74 Å². The Balaban J connectivity index is 2.41. The number of ether oxygens (including phenoxy) is 1. The molecule has 2 aromatic rings. The highest BCUT2D eigenvalue weighted by molar-refractivity contribution is 7.86. The van der Waals surface area contributed by atoms with E-state index in [1.165, 1.54) is 25.3 Å². The highest BCUT2D eigenvalue weighted by Crippen LogP contribution is 2.34. The largest absolute Gasteiger partial charge is 0.504 e.